The summed E-state index contributed by atoms with van der Waals surface area (Å²) in [6.07, 6.45) is 0.440. The van der Waals surface area contributed by atoms with E-state index in [1.807, 2.05) is 12.1 Å². The predicted octanol–water partition coefficient (Wildman–Crippen LogP) is 3.81. The summed E-state index contributed by atoms with van der Waals surface area (Å²) >= 11 is 1.51. The van der Waals surface area contributed by atoms with E-state index in [4.69, 9.17) is 4.74 Å². The Morgan fingerprint density at radius 1 is 1.15 bits per heavy atom. The highest BCUT2D eigenvalue weighted by molar-refractivity contribution is 8.00. The summed E-state index contributed by atoms with van der Waals surface area (Å²) in [5.41, 5.74) is 1.29. The number of carbonyl (C=O) groups excluding carboxylic acids is 2. The van der Waals surface area contributed by atoms with Gasteiger partial charge in [-0.15, -0.1) is 11.8 Å². The van der Waals surface area contributed by atoms with Crippen molar-refractivity contribution in [3.8, 4) is 0 Å². The predicted molar refractivity (Wildman–Crippen MR) is 82.1 cm³/mol. The van der Waals surface area contributed by atoms with Crippen LogP contribution in [0.2, 0.25) is 0 Å². The molecule has 1 aromatic rings. The molecule has 0 fully saturated rings. The van der Waals surface area contributed by atoms with Gasteiger partial charge >= 0.3 is 5.97 Å². The van der Waals surface area contributed by atoms with Crippen LogP contribution in [-0.4, -0.2) is 24.1 Å². The van der Waals surface area contributed by atoms with Crippen molar-refractivity contribution in [2.75, 3.05) is 12.4 Å². The zero-order valence-electron chi connectivity index (χ0n) is 12.3. The van der Waals surface area contributed by atoms with Crippen LogP contribution in [0.4, 0.5) is 0 Å². The van der Waals surface area contributed by atoms with E-state index in [9.17, 15) is 9.59 Å². The second kappa shape index (κ2) is 8.80. The van der Waals surface area contributed by atoms with Crippen LogP contribution in [0.5, 0.6) is 0 Å². The highest BCUT2D eigenvalue weighted by Gasteiger charge is 2.08. The molecule has 0 aliphatic carbocycles. The van der Waals surface area contributed by atoms with Crippen molar-refractivity contribution in [2.45, 2.75) is 44.4 Å². The Kier molecular flexibility index (Phi) is 7.37. The zero-order valence-corrected chi connectivity index (χ0v) is 13.2. The minimum atomic E-state index is -0.299. The largest absolute Gasteiger partial charge is 0.466 e. The van der Waals surface area contributed by atoms with Gasteiger partial charge in [0.2, 0.25) is 0 Å². The van der Waals surface area contributed by atoms with Gasteiger partial charge in [0.25, 0.3) is 0 Å². The Morgan fingerprint density at radius 2 is 1.80 bits per heavy atom. The molecule has 0 N–H and O–H groups in total. The third-order valence-corrected chi connectivity index (χ3v) is 3.93. The van der Waals surface area contributed by atoms with Gasteiger partial charge in [0.15, 0.2) is 0 Å². The lowest BCUT2D eigenvalue weighted by Crippen LogP contribution is -2.09. The molecule has 3 nitrogen and oxygen atoms in total. The van der Waals surface area contributed by atoms with Gasteiger partial charge in [-0.3, -0.25) is 9.59 Å². The number of esters is 1. The van der Waals surface area contributed by atoms with Gasteiger partial charge in [0.1, 0.15) is 5.78 Å². The summed E-state index contributed by atoms with van der Waals surface area (Å²) in [6, 6.07) is 8.27. The number of rotatable bonds is 8. The maximum atomic E-state index is 11.7. The molecule has 0 radical (unpaired) electrons. The van der Waals surface area contributed by atoms with Crippen LogP contribution in [0.1, 0.15) is 45.1 Å². The molecule has 0 aromatic heterocycles. The molecule has 20 heavy (non-hydrogen) atoms. The third kappa shape index (κ3) is 6.24. The number of thioether (sulfide) groups is 1. The van der Waals surface area contributed by atoms with E-state index in [0.717, 1.165) is 4.90 Å². The molecule has 0 heterocycles. The average molecular weight is 294 g/mol. The fourth-order valence-corrected chi connectivity index (χ4v) is 2.46. The molecule has 110 valence electrons. The molecule has 4 heteroatoms. The molecular formula is C16H22O3S. The number of ketones is 1. The van der Waals surface area contributed by atoms with E-state index in [0.29, 0.717) is 18.3 Å². The molecule has 0 bridgehead atoms. The van der Waals surface area contributed by atoms with E-state index in [1.165, 1.54) is 17.3 Å². The van der Waals surface area contributed by atoms with Gasteiger partial charge in [0.05, 0.1) is 18.8 Å². The van der Waals surface area contributed by atoms with E-state index in [2.05, 4.69) is 26.0 Å². The molecule has 0 saturated carbocycles. The summed E-state index contributed by atoms with van der Waals surface area (Å²) in [7, 11) is 0. The SMILES string of the molecule is CCOC(=O)CCC(=O)CSc1ccc(C(C)C)cc1. The Balaban J connectivity index is 2.32. The van der Waals surface area contributed by atoms with Crippen LogP contribution in [0.15, 0.2) is 29.2 Å². The Hall–Kier alpha value is -1.29. The number of carbonyl (C=O) groups is 2. The Bertz CT molecular complexity index is 438. The number of ether oxygens (including phenoxy) is 1. The summed E-state index contributed by atoms with van der Waals surface area (Å²) in [5.74, 6) is 0.698. The molecule has 0 saturated heterocycles. The van der Waals surface area contributed by atoms with Gasteiger partial charge in [0, 0.05) is 11.3 Å². The lowest BCUT2D eigenvalue weighted by Gasteiger charge is -2.06. The van der Waals surface area contributed by atoms with E-state index in [1.54, 1.807) is 6.92 Å². The molecule has 0 unspecified atom stereocenters. The zero-order chi connectivity index (χ0) is 15.0. The maximum absolute atomic E-state index is 11.7. The molecule has 0 aliphatic heterocycles. The van der Waals surface area contributed by atoms with Crippen molar-refractivity contribution in [3.63, 3.8) is 0 Å². The minimum Gasteiger partial charge on any atom is -0.466 e. The molecule has 0 spiro atoms. The van der Waals surface area contributed by atoms with Crippen LogP contribution in [-0.2, 0) is 14.3 Å². The molecule has 1 aromatic carbocycles. The van der Waals surface area contributed by atoms with Gasteiger partial charge < -0.3 is 4.74 Å². The fraction of sp³-hybridized carbons (Fsp3) is 0.500. The normalized spacial score (nSPS) is 10.6. The first kappa shape index (κ1) is 16.8. The molecule has 0 amide bonds. The Morgan fingerprint density at radius 3 is 2.35 bits per heavy atom. The summed E-state index contributed by atoms with van der Waals surface area (Å²) in [6.45, 7) is 6.43. The summed E-state index contributed by atoms with van der Waals surface area (Å²) < 4.78 is 4.79. The van der Waals surface area contributed by atoms with Crippen molar-refractivity contribution < 1.29 is 14.3 Å². The standard InChI is InChI=1S/C16H22O3S/c1-4-19-16(18)10-7-14(17)11-20-15-8-5-13(6-9-15)12(2)3/h5-6,8-9,12H,4,7,10-11H2,1-3H3. The number of Topliss-reactive ketones (excluding diaryl/α,β-unsaturated/α-hetero) is 1. The van der Waals surface area contributed by atoms with E-state index >= 15 is 0 Å². The van der Waals surface area contributed by atoms with Crippen LogP contribution in [0.3, 0.4) is 0 Å². The van der Waals surface area contributed by atoms with Crippen molar-refractivity contribution in [3.05, 3.63) is 29.8 Å². The number of hydrogen-bond donors (Lipinski definition) is 0. The average Bonchev–Trinajstić information content (AvgIpc) is 2.43. The van der Waals surface area contributed by atoms with Gasteiger partial charge in [-0.2, -0.15) is 0 Å². The first-order chi connectivity index (χ1) is 9.52. The molecule has 1 rings (SSSR count). The van der Waals surface area contributed by atoms with E-state index in [-0.39, 0.29) is 24.6 Å². The second-order valence-corrected chi connectivity index (χ2v) is 5.90. The lowest BCUT2D eigenvalue weighted by atomic mass is 10.0. The van der Waals surface area contributed by atoms with Crippen molar-refractivity contribution in [1.82, 2.24) is 0 Å². The topological polar surface area (TPSA) is 43.4 Å². The van der Waals surface area contributed by atoms with Crippen molar-refractivity contribution in [1.29, 1.82) is 0 Å². The van der Waals surface area contributed by atoms with Crippen LogP contribution >= 0.6 is 11.8 Å². The van der Waals surface area contributed by atoms with Gasteiger partial charge in [-0.25, -0.2) is 0 Å². The fourth-order valence-electron chi connectivity index (χ4n) is 1.66. The van der Waals surface area contributed by atoms with E-state index < -0.39 is 0 Å². The maximum Gasteiger partial charge on any atom is 0.306 e. The second-order valence-electron chi connectivity index (χ2n) is 4.86. The third-order valence-electron chi connectivity index (χ3n) is 2.86. The quantitative estimate of drug-likeness (QED) is 0.540. The highest BCUT2D eigenvalue weighted by Crippen LogP contribution is 2.22. The first-order valence-electron chi connectivity index (χ1n) is 6.93. The minimum absolute atomic E-state index is 0.0796. The number of hydrogen-bond acceptors (Lipinski definition) is 4. The Labute approximate surface area is 125 Å². The van der Waals surface area contributed by atoms with Crippen LogP contribution < -0.4 is 0 Å². The summed E-state index contributed by atoms with van der Waals surface area (Å²) in [5, 5.41) is 0. The summed E-state index contributed by atoms with van der Waals surface area (Å²) in [4.78, 5) is 23.9. The lowest BCUT2D eigenvalue weighted by molar-refractivity contribution is -0.144. The van der Waals surface area contributed by atoms with Crippen LogP contribution in [0.25, 0.3) is 0 Å². The monoisotopic (exact) mass is 294 g/mol. The first-order valence-corrected chi connectivity index (χ1v) is 7.91. The molecular weight excluding hydrogens is 272 g/mol. The van der Waals surface area contributed by atoms with Crippen molar-refractivity contribution in [2.24, 2.45) is 0 Å². The smallest absolute Gasteiger partial charge is 0.306 e. The van der Waals surface area contributed by atoms with Crippen LogP contribution in [0, 0.1) is 0 Å². The van der Waals surface area contributed by atoms with Gasteiger partial charge in [-0.1, -0.05) is 26.0 Å². The van der Waals surface area contributed by atoms with Gasteiger partial charge in [-0.05, 0) is 30.5 Å². The van der Waals surface area contributed by atoms with Crippen molar-refractivity contribution >= 4 is 23.5 Å². The molecule has 0 atom stereocenters. The molecule has 0 aliphatic rings. The highest BCUT2D eigenvalue weighted by atomic mass is 32.2. The number of benzene rings is 1.